The van der Waals surface area contributed by atoms with Crippen LogP contribution in [0.1, 0.15) is 29.5 Å². The molecule has 82 valence electrons. The van der Waals surface area contributed by atoms with Crippen LogP contribution in [0.15, 0.2) is 16.6 Å². The third kappa shape index (κ3) is 3.92. The van der Waals surface area contributed by atoms with E-state index in [1.807, 2.05) is 0 Å². The molecule has 15 heavy (non-hydrogen) atoms. The fraction of sp³-hybridized carbons (Fsp3) is 0.417. The molecule has 0 atom stereocenters. The van der Waals surface area contributed by atoms with Gasteiger partial charge in [0, 0.05) is 4.47 Å². The first-order valence-corrected chi connectivity index (χ1v) is 6.24. The van der Waals surface area contributed by atoms with E-state index in [1.54, 1.807) is 0 Å². The molecule has 0 aliphatic carbocycles. The van der Waals surface area contributed by atoms with E-state index in [0.717, 1.165) is 19.3 Å². The largest absolute Gasteiger partial charge is 0.393 e. The Morgan fingerprint density at radius 2 is 1.93 bits per heavy atom. The Morgan fingerprint density at radius 3 is 2.53 bits per heavy atom. The first-order valence-electron chi connectivity index (χ1n) is 5.04. The smallest absolute Gasteiger partial charge is 0.0727 e. The van der Waals surface area contributed by atoms with Crippen LogP contribution >= 0.6 is 28.1 Å². The fourth-order valence-electron chi connectivity index (χ4n) is 1.49. The van der Waals surface area contributed by atoms with Crippen LogP contribution in [0, 0.1) is 13.8 Å². The molecule has 0 heterocycles. The van der Waals surface area contributed by atoms with Gasteiger partial charge in [-0.2, -0.15) is 0 Å². The number of hydrogen-bond acceptors (Lipinski definition) is 1. The Bertz CT molecular complexity index is 374. The van der Waals surface area contributed by atoms with Gasteiger partial charge in [0.05, 0.1) is 4.99 Å². The molecule has 1 rings (SSSR count). The second-order valence-corrected chi connectivity index (χ2v) is 5.23. The van der Waals surface area contributed by atoms with Crippen molar-refractivity contribution in [3.8, 4) is 0 Å². The minimum absolute atomic E-state index is 0.606. The molecule has 1 aromatic carbocycles. The van der Waals surface area contributed by atoms with Crippen LogP contribution in [0.2, 0.25) is 0 Å². The molecule has 0 unspecified atom stereocenters. The molecule has 0 bridgehead atoms. The normalized spacial score (nSPS) is 10.3. The van der Waals surface area contributed by atoms with Gasteiger partial charge in [-0.1, -0.05) is 34.2 Å². The van der Waals surface area contributed by atoms with Crippen molar-refractivity contribution >= 4 is 33.1 Å². The standard InChI is InChI=1S/C12H16BrNS/c1-8-6-10(4-3-5-12(14)15)11(13)7-9(8)2/h6-7H,3-5H2,1-2H3,(H2,14,15). The van der Waals surface area contributed by atoms with Crippen LogP contribution in [-0.4, -0.2) is 4.99 Å². The lowest BCUT2D eigenvalue weighted by molar-refractivity contribution is 0.862. The Labute approximate surface area is 105 Å². The van der Waals surface area contributed by atoms with Gasteiger partial charge in [-0.05, 0) is 55.9 Å². The van der Waals surface area contributed by atoms with Crippen molar-refractivity contribution < 1.29 is 0 Å². The van der Waals surface area contributed by atoms with E-state index in [1.165, 1.54) is 21.2 Å². The highest BCUT2D eigenvalue weighted by molar-refractivity contribution is 9.10. The first-order chi connectivity index (χ1) is 7.00. The van der Waals surface area contributed by atoms with Gasteiger partial charge in [0.2, 0.25) is 0 Å². The Balaban J connectivity index is 2.69. The van der Waals surface area contributed by atoms with E-state index in [2.05, 4.69) is 41.9 Å². The van der Waals surface area contributed by atoms with Gasteiger partial charge in [-0.25, -0.2) is 0 Å². The average Bonchev–Trinajstić information content (AvgIpc) is 2.13. The lowest BCUT2D eigenvalue weighted by atomic mass is 10.0. The summed E-state index contributed by atoms with van der Waals surface area (Å²) in [6, 6.07) is 4.41. The van der Waals surface area contributed by atoms with Crippen molar-refractivity contribution in [1.29, 1.82) is 0 Å². The van der Waals surface area contributed by atoms with E-state index in [0.29, 0.717) is 4.99 Å². The van der Waals surface area contributed by atoms with Gasteiger partial charge in [-0.15, -0.1) is 0 Å². The Kier molecular flexibility index (Phi) is 4.74. The monoisotopic (exact) mass is 285 g/mol. The van der Waals surface area contributed by atoms with Gasteiger partial charge < -0.3 is 5.73 Å². The zero-order valence-electron chi connectivity index (χ0n) is 9.14. The summed E-state index contributed by atoms with van der Waals surface area (Å²) in [4.78, 5) is 0.606. The first kappa shape index (κ1) is 12.7. The van der Waals surface area contributed by atoms with E-state index >= 15 is 0 Å². The maximum atomic E-state index is 5.47. The molecule has 1 aromatic rings. The summed E-state index contributed by atoms with van der Waals surface area (Å²) in [5, 5.41) is 0. The van der Waals surface area contributed by atoms with Crippen LogP contribution < -0.4 is 5.73 Å². The maximum Gasteiger partial charge on any atom is 0.0727 e. The lowest BCUT2D eigenvalue weighted by Gasteiger charge is -2.08. The van der Waals surface area contributed by atoms with Gasteiger partial charge in [0.1, 0.15) is 0 Å². The molecule has 1 nitrogen and oxygen atoms in total. The molecule has 0 aliphatic rings. The summed E-state index contributed by atoms with van der Waals surface area (Å²) in [7, 11) is 0. The van der Waals surface area contributed by atoms with Gasteiger partial charge >= 0.3 is 0 Å². The molecule has 0 radical (unpaired) electrons. The molecule has 0 amide bonds. The molecule has 0 saturated heterocycles. The number of benzene rings is 1. The molecule has 0 aromatic heterocycles. The summed E-state index contributed by atoms with van der Waals surface area (Å²) in [5.74, 6) is 0. The molecule has 0 aliphatic heterocycles. The molecule has 3 heteroatoms. The van der Waals surface area contributed by atoms with Crippen molar-refractivity contribution in [2.45, 2.75) is 33.1 Å². The summed E-state index contributed by atoms with van der Waals surface area (Å²) in [5.41, 5.74) is 9.47. The molecule has 0 saturated carbocycles. The maximum absolute atomic E-state index is 5.47. The SMILES string of the molecule is Cc1cc(Br)c(CCCC(N)=S)cc1C. The minimum atomic E-state index is 0.606. The predicted octanol–water partition coefficient (Wildman–Crippen LogP) is 3.67. The van der Waals surface area contributed by atoms with E-state index in [4.69, 9.17) is 18.0 Å². The van der Waals surface area contributed by atoms with Crippen LogP contribution in [0.5, 0.6) is 0 Å². The van der Waals surface area contributed by atoms with Gasteiger partial charge in [0.15, 0.2) is 0 Å². The van der Waals surface area contributed by atoms with Crippen LogP contribution in [0.3, 0.4) is 0 Å². The highest BCUT2D eigenvalue weighted by atomic mass is 79.9. The fourth-order valence-corrected chi connectivity index (χ4v) is 2.29. The number of thiocarbonyl (C=S) groups is 1. The lowest BCUT2D eigenvalue weighted by Crippen LogP contribution is -2.07. The zero-order chi connectivity index (χ0) is 11.4. The number of nitrogens with two attached hydrogens (primary N) is 1. The molecule has 2 N–H and O–H groups in total. The predicted molar refractivity (Wildman–Crippen MR) is 73.3 cm³/mol. The number of halogens is 1. The summed E-state index contributed by atoms with van der Waals surface area (Å²) >= 11 is 8.44. The number of rotatable bonds is 4. The molecular formula is C12H16BrNS. The van der Waals surface area contributed by atoms with Gasteiger partial charge in [0.25, 0.3) is 0 Å². The highest BCUT2D eigenvalue weighted by Crippen LogP contribution is 2.22. The van der Waals surface area contributed by atoms with Crippen LogP contribution in [-0.2, 0) is 6.42 Å². The molecular weight excluding hydrogens is 270 g/mol. The zero-order valence-corrected chi connectivity index (χ0v) is 11.5. The van der Waals surface area contributed by atoms with Gasteiger partial charge in [-0.3, -0.25) is 0 Å². The highest BCUT2D eigenvalue weighted by Gasteiger charge is 2.03. The third-order valence-corrected chi connectivity index (χ3v) is 3.47. The van der Waals surface area contributed by atoms with Crippen molar-refractivity contribution in [2.24, 2.45) is 5.73 Å². The third-order valence-electron chi connectivity index (χ3n) is 2.53. The van der Waals surface area contributed by atoms with E-state index < -0.39 is 0 Å². The summed E-state index contributed by atoms with van der Waals surface area (Å²) in [6.45, 7) is 4.26. The van der Waals surface area contributed by atoms with Crippen molar-refractivity contribution in [3.63, 3.8) is 0 Å². The van der Waals surface area contributed by atoms with E-state index in [-0.39, 0.29) is 0 Å². The quantitative estimate of drug-likeness (QED) is 0.855. The summed E-state index contributed by atoms with van der Waals surface area (Å²) in [6.07, 6.45) is 2.88. The van der Waals surface area contributed by atoms with Crippen LogP contribution in [0.4, 0.5) is 0 Å². The number of hydrogen-bond donors (Lipinski definition) is 1. The van der Waals surface area contributed by atoms with Crippen molar-refractivity contribution in [3.05, 3.63) is 33.3 Å². The summed E-state index contributed by atoms with van der Waals surface area (Å²) < 4.78 is 1.19. The Hall–Kier alpha value is -0.410. The minimum Gasteiger partial charge on any atom is -0.393 e. The topological polar surface area (TPSA) is 26.0 Å². The second kappa shape index (κ2) is 5.61. The number of aryl methyl sites for hydroxylation is 3. The van der Waals surface area contributed by atoms with Crippen molar-refractivity contribution in [2.75, 3.05) is 0 Å². The second-order valence-electron chi connectivity index (χ2n) is 3.85. The molecule has 0 fully saturated rings. The van der Waals surface area contributed by atoms with E-state index in [9.17, 15) is 0 Å². The van der Waals surface area contributed by atoms with Crippen molar-refractivity contribution in [1.82, 2.24) is 0 Å². The average molecular weight is 286 g/mol. The Morgan fingerprint density at radius 1 is 1.33 bits per heavy atom. The van der Waals surface area contributed by atoms with Crippen LogP contribution in [0.25, 0.3) is 0 Å². The molecule has 0 spiro atoms.